The first-order chi connectivity index (χ1) is 12.8. The molecule has 0 aliphatic rings. The topological polar surface area (TPSA) is 77.0 Å². The third-order valence-electron chi connectivity index (χ3n) is 3.58. The number of hydrogen-bond acceptors (Lipinski definition) is 7. The lowest BCUT2D eigenvalue weighted by molar-refractivity contribution is 0.0378. The lowest BCUT2D eigenvalue weighted by atomic mass is 10.2. The number of rotatable bonds is 5. The van der Waals surface area contributed by atoms with E-state index in [1.165, 1.54) is 0 Å². The van der Waals surface area contributed by atoms with Gasteiger partial charge in [-0.05, 0) is 52.0 Å². The average Bonchev–Trinajstić information content (AvgIpc) is 2.93. The van der Waals surface area contributed by atoms with E-state index in [0.29, 0.717) is 22.2 Å². The highest BCUT2D eigenvalue weighted by Crippen LogP contribution is 2.29. The zero-order valence-electron chi connectivity index (χ0n) is 15.4. The molecule has 2 aromatic heterocycles. The van der Waals surface area contributed by atoms with Gasteiger partial charge in [0.05, 0.1) is 38.0 Å². The standard InChI is InChI=1S/C19H19ClN4O2S/c1-10(2)26-18(25)14-6-5-13(9-15(14)20)23-19-21-8-7-16(24-19)17-11(3)22-12(4)27-17/h5-10H,1-4H3,(H,21,23,24). The van der Waals surface area contributed by atoms with E-state index in [4.69, 9.17) is 16.3 Å². The van der Waals surface area contributed by atoms with Crippen molar-refractivity contribution in [3.8, 4) is 10.6 Å². The molecule has 8 heteroatoms. The predicted octanol–water partition coefficient (Wildman–Crippen LogP) is 5.18. The Morgan fingerprint density at radius 1 is 1.22 bits per heavy atom. The number of hydrogen-bond donors (Lipinski definition) is 1. The molecular weight excluding hydrogens is 384 g/mol. The average molecular weight is 403 g/mol. The maximum absolute atomic E-state index is 12.0. The number of halogens is 1. The third-order valence-corrected chi connectivity index (χ3v) is 4.99. The maximum atomic E-state index is 12.0. The number of aromatic nitrogens is 3. The number of carbonyl (C=O) groups is 1. The Morgan fingerprint density at radius 2 is 2.00 bits per heavy atom. The molecule has 0 aliphatic carbocycles. The first-order valence-corrected chi connectivity index (χ1v) is 9.58. The normalized spacial score (nSPS) is 10.9. The van der Waals surface area contributed by atoms with Crippen molar-refractivity contribution in [3.05, 3.63) is 51.7 Å². The van der Waals surface area contributed by atoms with Gasteiger partial charge >= 0.3 is 5.97 Å². The first kappa shape index (κ1) is 19.3. The van der Waals surface area contributed by atoms with Gasteiger partial charge in [0.15, 0.2) is 0 Å². The van der Waals surface area contributed by atoms with Gasteiger partial charge in [0.1, 0.15) is 0 Å². The van der Waals surface area contributed by atoms with Crippen molar-refractivity contribution in [2.75, 3.05) is 5.32 Å². The number of anilines is 2. The lowest BCUT2D eigenvalue weighted by Gasteiger charge is -2.11. The Morgan fingerprint density at radius 3 is 2.63 bits per heavy atom. The van der Waals surface area contributed by atoms with Gasteiger partial charge in [-0.15, -0.1) is 11.3 Å². The van der Waals surface area contributed by atoms with Crippen molar-refractivity contribution in [2.24, 2.45) is 0 Å². The highest BCUT2D eigenvalue weighted by Gasteiger charge is 2.15. The number of ether oxygens (including phenoxy) is 1. The quantitative estimate of drug-likeness (QED) is 0.592. The molecule has 0 amide bonds. The fourth-order valence-corrected chi connectivity index (χ4v) is 3.63. The number of benzene rings is 1. The van der Waals surface area contributed by atoms with Crippen LogP contribution in [0.4, 0.5) is 11.6 Å². The number of esters is 1. The van der Waals surface area contributed by atoms with Gasteiger partial charge in [-0.1, -0.05) is 11.6 Å². The second-order valence-corrected chi connectivity index (χ2v) is 7.80. The van der Waals surface area contributed by atoms with Gasteiger partial charge in [-0.3, -0.25) is 0 Å². The largest absolute Gasteiger partial charge is 0.459 e. The Labute approximate surface area is 166 Å². The zero-order chi connectivity index (χ0) is 19.6. The smallest absolute Gasteiger partial charge is 0.339 e. The molecule has 0 fully saturated rings. The van der Waals surface area contributed by atoms with Crippen LogP contribution >= 0.6 is 22.9 Å². The SMILES string of the molecule is Cc1nc(C)c(-c2ccnc(Nc3ccc(C(=O)OC(C)C)c(Cl)c3)n2)s1. The van der Waals surface area contributed by atoms with Crippen molar-refractivity contribution in [3.63, 3.8) is 0 Å². The molecule has 0 bridgehead atoms. The summed E-state index contributed by atoms with van der Waals surface area (Å²) < 4.78 is 5.18. The number of aryl methyl sites for hydroxylation is 2. The van der Waals surface area contributed by atoms with E-state index in [2.05, 4.69) is 20.3 Å². The molecule has 0 saturated carbocycles. The molecule has 1 aromatic carbocycles. The second kappa shape index (κ2) is 8.02. The van der Waals surface area contributed by atoms with Crippen LogP contribution in [0.3, 0.4) is 0 Å². The molecule has 6 nitrogen and oxygen atoms in total. The summed E-state index contributed by atoms with van der Waals surface area (Å²) in [5.74, 6) is -0.0117. The fourth-order valence-electron chi connectivity index (χ4n) is 2.48. The molecule has 0 saturated heterocycles. The molecule has 0 spiro atoms. The summed E-state index contributed by atoms with van der Waals surface area (Å²) in [7, 11) is 0. The van der Waals surface area contributed by atoms with Crippen LogP contribution in [0.1, 0.15) is 34.9 Å². The lowest BCUT2D eigenvalue weighted by Crippen LogP contribution is -2.12. The fraction of sp³-hybridized carbons (Fsp3) is 0.263. The van der Waals surface area contributed by atoms with Gasteiger partial charge in [0.25, 0.3) is 0 Å². The van der Waals surface area contributed by atoms with Crippen molar-refractivity contribution < 1.29 is 9.53 Å². The Bertz CT molecular complexity index is 988. The maximum Gasteiger partial charge on any atom is 0.339 e. The summed E-state index contributed by atoms with van der Waals surface area (Å²) in [6, 6.07) is 6.86. The second-order valence-electron chi connectivity index (χ2n) is 6.19. The van der Waals surface area contributed by atoms with Crippen LogP contribution < -0.4 is 5.32 Å². The molecule has 0 radical (unpaired) electrons. The summed E-state index contributed by atoms with van der Waals surface area (Å²) in [5, 5.41) is 4.41. The molecule has 3 aromatic rings. The van der Waals surface area contributed by atoms with Crippen LogP contribution in [-0.2, 0) is 4.74 Å². The van der Waals surface area contributed by atoms with Crippen LogP contribution in [0.25, 0.3) is 10.6 Å². The summed E-state index contributed by atoms with van der Waals surface area (Å²) >= 11 is 7.83. The van der Waals surface area contributed by atoms with E-state index in [9.17, 15) is 4.79 Å². The monoisotopic (exact) mass is 402 g/mol. The van der Waals surface area contributed by atoms with Crippen LogP contribution in [0, 0.1) is 13.8 Å². The highest BCUT2D eigenvalue weighted by atomic mass is 35.5. The third kappa shape index (κ3) is 4.61. The van der Waals surface area contributed by atoms with Crippen molar-refractivity contribution in [1.82, 2.24) is 15.0 Å². The summed E-state index contributed by atoms with van der Waals surface area (Å²) in [6.07, 6.45) is 1.48. The Balaban J connectivity index is 1.82. The van der Waals surface area contributed by atoms with E-state index in [0.717, 1.165) is 21.3 Å². The summed E-state index contributed by atoms with van der Waals surface area (Å²) in [5.41, 5.74) is 2.74. The minimum atomic E-state index is -0.448. The molecule has 27 heavy (non-hydrogen) atoms. The van der Waals surface area contributed by atoms with Crippen LogP contribution in [0.5, 0.6) is 0 Å². The predicted molar refractivity (Wildman–Crippen MR) is 108 cm³/mol. The minimum absolute atomic E-state index is 0.207. The van der Waals surface area contributed by atoms with Gasteiger partial charge in [0.2, 0.25) is 5.95 Å². The highest BCUT2D eigenvalue weighted by molar-refractivity contribution is 7.15. The van der Waals surface area contributed by atoms with Gasteiger partial charge in [0, 0.05) is 11.9 Å². The molecule has 1 N–H and O–H groups in total. The number of carbonyl (C=O) groups excluding carboxylic acids is 1. The summed E-state index contributed by atoms with van der Waals surface area (Å²) in [6.45, 7) is 7.51. The first-order valence-electron chi connectivity index (χ1n) is 8.38. The van der Waals surface area contributed by atoms with E-state index in [1.807, 2.05) is 19.9 Å². The van der Waals surface area contributed by atoms with Gasteiger partial charge < -0.3 is 10.1 Å². The Hall–Kier alpha value is -2.51. The molecule has 140 valence electrons. The van der Waals surface area contributed by atoms with Crippen molar-refractivity contribution in [2.45, 2.75) is 33.8 Å². The summed E-state index contributed by atoms with van der Waals surface area (Å²) in [4.78, 5) is 26.3. The van der Waals surface area contributed by atoms with Crippen LogP contribution in [0.2, 0.25) is 5.02 Å². The zero-order valence-corrected chi connectivity index (χ0v) is 17.0. The van der Waals surface area contributed by atoms with Gasteiger partial charge in [-0.2, -0.15) is 0 Å². The number of nitrogens with one attached hydrogen (secondary N) is 1. The number of thiazole rings is 1. The van der Waals surface area contributed by atoms with E-state index >= 15 is 0 Å². The number of nitrogens with zero attached hydrogens (tertiary/aromatic N) is 3. The Kier molecular flexibility index (Phi) is 5.72. The molecular formula is C19H19ClN4O2S. The molecule has 0 aliphatic heterocycles. The van der Waals surface area contributed by atoms with E-state index in [1.54, 1.807) is 49.6 Å². The van der Waals surface area contributed by atoms with Gasteiger partial charge in [-0.25, -0.2) is 19.7 Å². The molecule has 3 rings (SSSR count). The van der Waals surface area contributed by atoms with E-state index < -0.39 is 5.97 Å². The van der Waals surface area contributed by atoms with Crippen LogP contribution in [-0.4, -0.2) is 27.0 Å². The van der Waals surface area contributed by atoms with Crippen molar-refractivity contribution >= 4 is 40.5 Å². The van der Waals surface area contributed by atoms with Crippen molar-refractivity contribution in [1.29, 1.82) is 0 Å². The molecule has 0 unspecified atom stereocenters. The van der Waals surface area contributed by atoms with E-state index in [-0.39, 0.29) is 6.10 Å². The van der Waals surface area contributed by atoms with Crippen LogP contribution in [0.15, 0.2) is 30.5 Å². The molecule has 0 atom stereocenters. The minimum Gasteiger partial charge on any atom is -0.459 e. The molecule has 2 heterocycles.